The molecule has 1 amide bonds. The molecule has 1 saturated carbocycles. The predicted octanol–water partition coefficient (Wildman–Crippen LogP) is 2.71. The molecule has 1 heterocycles. The van der Waals surface area contributed by atoms with Crippen molar-refractivity contribution in [1.29, 1.82) is 0 Å². The van der Waals surface area contributed by atoms with Crippen LogP contribution in [0.4, 0.5) is 4.79 Å². The molecule has 4 nitrogen and oxygen atoms in total. The summed E-state index contributed by atoms with van der Waals surface area (Å²) in [6.07, 6.45) is 5.80. The molecule has 0 aromatic carbocycles. The molecule has 19 heavy (non-hydrogen) atoms. The van der Waals surface area contributed by atoms with Crippen molar-refractivity contribution >= 4 is 6.09 Å². The standard InChI is InChI=1S/C15H25NO3/c1-15(2,3)19-14(18)16-8-6-12-10-11(7-9-17)4-5-13(12)16/h7,12-13,17H,4-6,8-10H2,1-3H3. The van der Waals surface area contributed by atoms with Crippen molar-refractivity contribution in [1.82, 2.24) is 4.90 Å². The number of nitrogens with zero attached hydrogens (tertiary/aromatic N) is 1. The normalized spacial score (nSPS) is 29.5. The average Bonchev–Trinajstić information content (AvgIpc) is 2.70. The van der Waals surface area contributed by atoms with Crippen LogP contribution in [0.25, 0.3) is 0 Å². The molecule has 4 heteroatoms. The first-order valence-corrected chi connectivity index (χ1v) is 7.19. The van der Waals surface area contributed by atoms with E-state index in [9.17, 15) is 4.79 Å². The van der Waals surface area contributed by atoms with E-state index in [1.54, 1.807) is 0 Å². The Balaban J connectivity index is 1.97. The summed E-state index contributed by atoms with van der Waals surface area (Å²) in [4.78, 5) is 14.1. The SMILES string of the molecule is CC(C)(C)OC(=O)N1CCC2CC(=CCO)CCC21. The van der Waals surface area contributed by atoms with E-state index < -0.39 is 5.60 Å². The Hall–Kier alpha value is -1.03. The summed E-state index contributed by atoms with van der Waals surface area (Å²) >= 11 is 0. The average molecular weight is 267 g/mol. The van der Waals surface area contributed by atoms with Crippen LogP contribution in [0, 0.1) is 5.92 Å². The molecule has 2 rings (SSSR count). The van der Waals surface area contributed by atoms with Crippen LogP contribution in [0.15, 0.2) is 11.6 Å². The lowest BCUT2D eigenvalue weighted by atomic mass is 9.82. The molecule has 1 aliphatic carbocycles. The van der Waals surface area contributed by atoms with E-state index in [1.807, 2.05) is 31.7 Å². The van der Waals surface area contributed by atoms with E-state index in [0.29, 0.717) is 12.0 Å². The smallest absolute Gasteiger partial charge is 0.410 e. The third-order valence-electron chi connectivity index (χ3n) is 3.98. The summed E-state index contributed by atoms with van der Waals surface area (Å²) in [7, 11) is 0. The van der Waals surface area contributed by atoms with E-state index in [2.05, 4.69) is 0 Å². The summed E-state index contributed by atoms with van der Waals surface area (Å²) in [6, 6.07) is 0.325. The number of ether oxygens (including phenoxy) is 1. The van der Waals surface area contributed by atoms with Crippen LogP contribution in [0.5, 0.6) is 0 Å². The van der Waals surface area contributed by atoms with Crippen LogP contribution < -0.4 is 0 Å². The predicted molar refractivity (Wildman–Crippen MR) is 73.9 cm³/mol. The maximum Gasteiger partial charge on any atom is 0.410 e. The molecule has 1 saturated heterocycles. The van der Waals surface area contributed by atoms with Gasteiger partial charge in [0.2, 0.25) is 0 Å². The van der Waals surface area contributed by atoms with Crippen molar-refractivity contribution < 1.29 is 14.6 Å². The number of carbonyl (C=O) groups excluding carboxylic acids is 1. The van der Waals surface area contributed by atoms with Gasteiger partial charge in [-0.15, -0.1) is 0 Å². The highest BCUT2D eigenvalue weighted by molar-refractivity contribution is 5.69. The minimum absolute atomic E-state index is 0.127. The highest BCUT2D eigenvalue weighted by Crippen LogP contribution is 2.39. The number of allylic oxidation sites excluding steroid dienone is 1. The van der Waals surface area contributed by atoms with Crippen molar-refractivity contribution in [2.24, 2.45) is 5.92 Å². The monoisotopic (exact) mass is 267 g/mol. The van der Waals surface area contributed by atoms with Crippen molar-refractivity contribution in [3.63, 3.8) is 0 Å². The number of amides is 1. The lowest BCUT2D eigenvalue weighted by Gasteiger charge is -2.34. The summed E-state index contributed by atoms with van der Waals surface area (Å²) < 4.78 is 5.48. The van der Waals surface area contributed by atoms with Gasteiger partial charge in [0.15, 0.2) is 0 Å². The van der Waals surface area contributed by atoms with Gasteiger partial charge in [-0.05, 0) is 52.4 Å². The molecule has 2 fully saturated rings. The Bertz CT molecular complexity index is 370. The Kier molecular flexibility index (Phi) is 4.19. The molecular formula is C15H25NO3. The number of rotatable bonds is 1. The highest BCUT2D eigenvalue weighted by Gasteiger charge is 2.40. The van der Waals surface area contributed by atoms with E-state index in [0.717, 1.165) is 32.2 Å². The Labute approximate surface area is 115 Å². The molecule has 0 radical (unpaired) electrons. The largest absolute Gasteiger partial charge is 0.444 e. The van der Waals surface area contributed by atoms with Gasteiger partial charge in [-0.1, -0.05) is 11.6 Å². The van der Waals surface area contributed by atoms with E-state index >= 15 is 0 Å². The molecule has 1 aliphatic heterocycles. The van der Waals surface area contributed by atoms with Crippen molar-refractivity contribution in [2.75, 3.05) is 13.2 Å². The quantitative estimate of drug-likeness (QED) is 0.743. The van der Waals surface area contributed by atoms with Gasteiger partial charge in [-0.3, -0.25) is 0 Å². The molecule has 2 atom stereocenters. The summed E-state index contributed by atoms with van der Waals surface area (Å²) in [5.74, 6) is 0.541. The van der Waals surface area contributed by atoms with Gasteiger partial charge in [-0.25, -0.2) is 4.79 Å². The van der Waals surface area contributed by atoms with Crippen molar-refractivity contribution in [2.45, 2.75) is 58.1 Å². The maximum atomic E-state index is 12.2. The summed E-state index contributed by atoms with van der Waals surface area (Å²) in [5, 5.41) is 8.97. The lowest BCUT2D eigenvalue weighted by Crippen LogP contribution is -2.42. The second kappa shape index (κ2) is 5.53. The van der Waals surface area contributed by atoms with Gasteiger partial charge in [-0.2, -0.15) is 0 Å². The minimum Gasteiger partial charge on any atom is -0.444 e. The third-order valence-corrected chi connectivity index (χ3v) is 3.98. The summed E-state index contributed by atoms with van der Waals surface area (Å²) in [6.45, 7) is 6.64. The first kappa shape index (κ1) is 14.4. The van der Waals surface area contributed by atoms with Crippen molar-refractivity contribution in [3.05, 3.63) is 11.6 Å². The fourth-order valence-electron chi connectivity index (χ4n) is 3.18. The zero-order valence-corrected chi connectivity index (χ0v) is 12.2. The number of hydrogen-bond acceptors (Lipinski definition) is 3. The number of fused-ring (bicyclic) bond motifs is 1. The highest BCUT2D eigenvalue weighted by atomic mass is 16.6. The van der Waals surface area contributed by atoms with Crippen LogP contribution in [0.2, 0.25) is 0 Å². The van der Waals surface area contributed by atoms with Crippen LogP contribution in [0.1, 0.15) is 46.5 Å². The number of aliphatic hydroxyl groups excluding tert-OH is 1. The molecule has 0 spiro atoms. The van der Waals surface area contributed by atoms with E-state index in [4.69, 9.17) is 9.84 Å². The number of hydrogen-bond donors (Lipinski definition) is 1. The first-order chi connectivity index (χ1) is 8.90. The zero-order valence-electron chi connectivity index (χ0n) is 12.2. The van der Waals surface area contributed by atoms with Gasteiger partial charge < -0.3 is 14.7 Å². The topological polar surface area (TPSA) is 49.8 Å². The van der Waals surface area contributed by atoms with Crippen LogP contribution in [0.3, 0.4) is 0 Å². The van der Waals surface area contributed by atoms with E-state index in [-0.39, 0.29) is 12.7 Å². The molecule has 0 bridgehead atoms. The second-order valence-electron chi connectivity index (χ2n) is 6.58. The molecule has 2 aliphatic rings. The molecular weight excluding hydrogens is 242 g/mol. The zero-order chi connectivity index (χ0) is 14.0. The maximum absolute atomic E-state index is 12.2. The second-order valence-corrected chi connectivity index (χ2v) is 6.58. The molecule has 1 N–H and O–H groups in total. The van der Waals surface area contributed by atoms with Crippen LogP contribution >= 0.6 is 0 Å². The van der Waals surface area contributed by atoms with Gasteiger partial charge >= 0.3 is 6.09 Å². The Morgan fingerprint density at radius 3 is 2.84 bits per heavy atom. The van der Waals surface area contributed by atoms with Gasteiger partial charge in [0, 0.05) is 12.6 Å². The van der Waals surface area contributed by atoms with Gasteiger partial charge in [0.25, 0.3) is 0 Å². The Morgan fingerprint density at radius 1 is 1.47 bits per heavy atom. The van der Waals surface area contributed by atoms with E-state index in [1.165, 1.54) is 5.57 Å². The lowest BCUT2D eigenvalue weighted by molar-refractivity contribution is 0.0192. The summed E-state index contributed by atoms with van der Waals surface area (Å²) in [5.41, 5.74) is 0.918. The number of aliphatic hydroxyl groups is 1. The molecule has 0 aromatic heterocycles. The molecule has 108 valence electrons. The first-order valence-electron chi connectivity index (χ1n) is 7.19. The molecule has 2 unspecified atom stereocenters. The Morgan fingerprint density at radius 2 is 2.21 bits per heavy atom. The van der Waals surface area contributed by atoms with Crippen LogP contribution in [-0.4, -0.2) is 40.9 Å². The molecule has 0 aromatic rings. The van der Waals surface area contributed by atoms with Crippen LogP contribution in [-0.2, 0) is 4.74 Å². The fourth-order valence-corrected chi connectivity index (χ4v) is 3.18. The minimum atomic E-state index is -0.425. The van der Waals surface area contributed by atoms with Crippen molar-refractivity contribution in [3.8, 4) is 0 Å². The number of carbonyl (C=O) groups is 1. The third kappa shape index (κ3) is 3.50. The van der Waals surface area contributed by atoms with Gasteiger partial charge in [0.05, 0.1) is 6.61 Å². The number of likely N-dealkylation sites (tertiary alicyclic amines) is 1. The fraction of sp³-hybridized carbons (Fsp3) is 0.800. The van der Waals surface area contributed by atoms with Gasteiger partial charge in [0.1, 0.15) is 5.60 Å².